The predicted molar refractivity (Wildman–Crippen MR) is 81.2 cm³/mol. The monoisotopic (exact) mass is 272 g/mol. The van der Waals surface area contributed by atoms with E-state index in [1.807, 2.05) is 58.0 Å². The van der Waals surface area contributed by atoms with E-state index in [-0.39, 0.29) is 5.78 Å². The minimum absolute atomic E-state index is 0.0152. The van der Waals surface area contributed by atoms with Crippen LogP contribution in [0.4, 0.5) is 0 Å². The maximum atomic E-state index is 11.5. The Hall–Kier alpha value is -1.39. The highest BCUT2D eigenvalue weighted by atomic mass is 16.7. The van der Waals surface area contributed by atoms with Gasteiger partial charge in [-0.1, -0.05) is 30.3 Å². The van der Waals surface area contributed by atoms with Crippen molar-refractivity contribution in [2.45, 2.75) is 45.8 Å². The van der Waals surface area contributed by atoms with Crippen LogP contribution in [-0.4, -0.2) is 24.1 Å². The van der Waals surface area contributed by atoms with Crippen LogP contribution in [0.3, 0.4) is 0 Å². The van der Waals surface area contributed by atoms with Crippen molar-refractivity contribution >= 4 is 18.4 Å². The lowest BCUT2D eigenvalue weighted by molar-refractivity contribution is -0.112. The van der Waals surface area contributed by atoms with Crippen LogP contribution in [0.5, 0.6) is 0 Å². The van der Waals surface area contributed by atoms with Gasteiger partial charge in [0, 0.05) is 0 Å². The Morgan fingerprint density at radius 2 is 1.55 bits per heavy atom. The van der Waals surface area contributed by atoms with Gasteiger partial charge in [-0.25, -0.2) is 0 Å². The van der Waals surface area contributed by atoms with Gasteiger partial charge in [-0.15, -0.1) is 0 Å². The van der Waals surface area contributed by atoms with Gasteiger partial charge < -0.3 is 9.31 Å². The molecule has 4 heteroatoms. The van der Waals surface area contributed by atoms with E-state index in [2.05, 4.69) is 0 Å². The molecular weight excluding hydrogens is 251 g/mol. The molecule has 0 N–H and O–H groups in total. The SMILES string of the molecule is CC(=O)/C=C(/B1OC(C)(C)C(C)(C)O1)c1ccccc1. The van der Waals surface area contributed by atoms with Gasteiger partial charge in [-0.2, -0.15) is 0 Å². The van der Waals surface area contributed by atoms with Gasteiger partial charge in [0.1, 0.15) is 0 Å². The van der Waals surface area contributed by atoms with Crippen molar-refractivity contribution in [1.29, 1.82) is 0 Å². The Kier molecular flexibility index (Phi) is 3.89. The number of carbonyl (C=O) groups excluding carboxylic acids is 1. The van der Waals surface area contributed by atoms with Crippen LogP contribution >= 0.6 is 0 Å². The minimum atomic E-state index is -0.522. The molecule has 20 heavy (non-hydrogen) atoms. The summed E-state index contributed by atoms with van der Waals surface area (Å²) in [5, 5.41) is 0. The molecule has 106 valence electrons. The molecule has 3 nitrogen and oxygen atoms in total. The normalized spacial score (nSPS) is 21.1. The minimum Gasteiger partial charge on any atom is -0.399 e. The molecule has 1 heterocycles. The van der Waals surface area contributed by atoms with E-state index in [0.717, 1.165) is 11.0 Å². The van der Waals surface area contributed by atoms with Crippen LogP contribution in [-0.2, 0) is 14.1 Å². The molecule has 1 saturated heterocycles. The van der Waals surface area contributed by atoms with Crippen molar-refractivity contribution in [3.63, 3.8) is 0 Å². The molecule has 0 aliphatic carbocycles. The Bertz CT molecular complexity index is 516. The van der Waals surface area contributed by atoms with E-state index >= 15 is 0 Å². The lowest BCUT2D eigenvalue weighted by Gasteiger charge is -2.32. The van der Waals surface area contributed by atoms with Crippen LogP contribution in [0.1, 0.15) is 40.2 Å². The van der Waals surface area contributed by atoms with Gasteiger partial charge in [0.15, 0.2) is 5.78 Å². The number of hydrogen-bond acceptors (Lipinski definition) is 3. The average molecular weight is 272 g/mol. The molecule has 0 amide bonds. The van der Waals surface area contributed by atoms with Crippen LogP contribution in [0.25, 0.3) is 5.47 Å². The van der Waals surface area contributed by atoms with Crippen molar-refractivity contribution in [1.82, 2.24) is 0 Å². The van der Waals surface area contributed by atoms with Crippen molar-refractivity contribution in [2.75, 3.05) is 0 Å². The molecule has 0 radical (unpaired) electrons. The standard InChI is InChI=1S/C16H21BO3/c1-12(18)11-14(13-9-7-6-8-10-13)17-19-15(2,3)16(4,5)20-17/h6-11H,1-5H3/b14-11+. The third-order valence-corrected chi connectivity index (χ3v) is 3.97. The zero-order valence-corrected chi connectivity index (χ0v) is 12.8. The van der Waals surface area contributed by atoms with E-state index < -0.39 is 18.3 Å². The molecule has 1 aromatic carbocycles. The summed E-state index contributed by atoms with van der Waals surface area (Å²) in [4.78, 5) is 11.5. The number of allylic oxidation sites excluding steroid dienone is 1. The summed E-state index contributed by atoms with van der Waals surface area (Å²) in [5.41, 5.74) is 0.892. The van der Waals surface area contributed by atoms with Crippen molar-refractivity contribution in [3.8, 4) is 0 Å². The first-order valence-electron chi connectivity index (χ1n) is 6.86. The third-order valence-electron chi connectivity index (χ3n) is 3.97. The molecule has 0 aromatic heterocycles. The van der Waals surface area contributed by atoms with E-state index in [9.17, 15) is 4.79 Å². The van der Waals surface area contributed by atoms with Gasteiger partial charge in [-0.05, 0) is 51.7 Å². The zero-order chi connectivity index (χ0) is 15.0. The fourth-order valence-electron chi connectivity index (χ4n) is 2.11. The number of ketones is 1. The first kappa shape index (κ1) is 15.0. The molecule has 1 aromatic rings. The molecule has 1 aliphatic heterocycles. The quantitative estimate of drug-likeness (QED) is 0.625. The fraction of sp³-hybridized carbons (Fsp3) is 0.438. The molecule has 0 atom stereocenters. The highest BCUT2D eigenvalue weighted by Gasteiger charge is 2.52. The Morgan fingerprint density at radius 1 is 1.05 bits per heavy atom. The molecule has 1 fully saturated rings. The first-order valence-corrected chi connectivity index (χ1v) is 6.86. The van der Waals surface area contributed by atoms with E-state index in [4.69, 9.17) is 9.31 Å². The second-order valence-electron chi connectivity index (χ2n) is 6.16. The summed E-state index contributed by atoms with van der Waals surface area (Å²) >= 11 is 0. The van der Waals surface area contributed by atoms with Gasteiger partial charge in [0.25, 0.3) is 0 Å². The van der Waals surface area contributed by atoms with Gasteiger partial charge >= 0.3 is 7.12 Å². The Labute approximate surface area is 121 Å². The second-order valence-corrected chi connectivity index (χ2v) is 6.16. The molecule has 0 bridgehead atoms. The molecule has 1 aliphatic rings. The van der Waals surface area contributed by atoms with E-state index in [1.54, 1.807) is 6.08 Å². The second kappa shape index (κ2) is 5.19. The van der Waals surface area contributed by atoms with Crippen LogP contribution in [0.2, 0.25) is 0 Å². The predicted octanol–water partition coefficient (Wildman–Crippen LogP) is 3.29. The summed E-state index contributed by atoms with van der Waals surface area (Å²) < 4.78 is 12.1. The summed E-state index contributed by atoms with van der Waals surface area (Å²) in [6, 6.07) is 9.74. The van der Waals surface area contributed by atoms with Gasteiger partial charge in [0.2, 0.25) is 0 Å². The Morgan fingerprint density at radius 3 is 2.00 bits per heavy atom. The largest absolute Gasteiger partial charge is 0.495 e. The fourth-order valence-corrected chi connectivity index (χ4v) is 2.11. The number of rotatable bonds is 3. The number of benzene rings is 1. The maximum Gasteiger partial charge on any atom is 0.495 e. The maximum absolute atomic E-state index is 11.5. The van der Waals surface area contributed by atoms with Crippen LogP contribution < -0.4 is 0 Å². The van der Waals surface area contributed by atoms with Crippen molar-refractivity contribution in [3.05, 3.63) is 42.0 Å². The molecule has 0 spiro atoms. The highest BCUT2D eigenvalue weighted by molar-refractivity contribution is 6.69. The Balaban J connectivity index is 2.39. The van der Waals surface area contributed by atoms with Crippen LogP contribution in [0, 0.1) is 0 Å². The topological polar surface area (TPSA) is 35.5 Å². The van der Waals surface area contributed by atoms with E-state index in [1.165, 1.54) is 6.92 Å². The summed E-state index contributed by atoms with van der Waals surface area (Å²) in [6.07, 6.45) is 1.59. The van der Waals surface area contributed by atoms with E-state index in [0.29, 0.717) is 0 Å². The summed E-state index contributed by atoms with van der Waals surface area (Å²) in [7, 11) is -0.522. The molecule has 0 saturated carbocycles. The molecule has 0 unspecified atom stereocenters. The van der Waals surface area contributed by atoms with Crippen molar-refractivity contribution in [2.24, 2.45) is 0 Å². The van der Waals surface area contributed by atoms with Crippen molar-refractivity contribution < 1.29 is 14.1 Å². The van der Waals surface area contributed by atoms with Gasteiger partial charge in [-0.3, -0.25) is 4.79 Å². The van der Waals surface area contributed by atoms with Crippen LogP contribution in [0.15, 0.2) is 36.4 Å². The molecular formula is C16H21BO3. The zero-order valence-electron chi connectivity index (χ0n) is 12.8. The molecule has 2 rings (SSSR count). The number of hydrogen-bond donors (Lipinski definition) is 0. The average Bonchev–Trinajstić information content (AvgIpc) is 2.56. The summed E-state index contributed by atoms with van der Waals surface area (Å²) in [6.45, 7) is 9.55. The summed E-state index contributed by atoms with van der Waals surface area (Å²) in [5.74, 6) is -0.0152. The highest BCUT2D eigenvalue weighted by Crippen LogP contribution is 2.40. The first-order chi connectivity index (χ1) is 9.23. The lowest BCUT2D eigenvalue weighted by atomic mass is 9.73. The third kappa shape index (κ3) is 2.86. The smallest absolute Gasteiger partial charge is 0.399 e. The lowest BCUT2D eigenvalue weighted by Crippen LogP contribution is -2.41. The number of carbonyl (C=O) groups is 1. The van der Waals surface area contributed by atoms with Gasteiger partial charge in [0.05, 0.1) is 11.2 Å².